The first-order chi connectivity index (χ1) is 5.25. The Balaban J connectivity index is -0.000000605. The maximum absolute atomic E-state index is 10.3. The molecule has 0 aromatic carbocycles. The van der Waals surface area contributed by atoms with Gasteiger partial charge in [0.05, 0.1) is 11.2 Å². The summed E-state index contributed by atoms with van der Waals surface area (Å²) in [6.07, 6.45) is -0.200. The molecule has 1 atom stereocenters. The van der Waals surface area contributed by atoms with Crippen LogP contribution in [0.15, 0.2) is 0 Å². The summed E-state index contributed by atoms with van der Waals surface area (Å²) in [5.41, 5.74) is 0. The van der Waals surface area contributed by atoms with Crippen LogP contribution in [-0.2, 0) is 14.9 Å². The van der Waals surface area contributed by atoms with Crippen molar-refractivity contribution in [1.82, 2.24) is 0 Å². The maximum Gasteiger partial charge on any atom is 1.00 e. The Kier molecular flexibility index (Phi) is 12.6. The van der Waals surface area contributed by atoms with Gasteiger partial charge in [0.25, 0.3) is 0 Å². The van der Waals surface area contributed by atoms with Crippen molar-refractivity contribution >= 4 is 16.1 Å². The third kappa shape index (κ3) is 8.67. The fourth-order valence-electron chi connectivity index (χ4n) is 0.760. The number of carboxylic acids is 1. The van der Waals surface area contributed by atoms with Crippen LogP contribution in [-0.4, -0.2) is 24.2 Å². The van der Waals surface area contributed by atoms with Crippen molar-refractivity contribution in [2.45, 2.75) is 25.5 Å². The molecule has 72 valence electrons. The molecule has 0 heterocycles. The maximum atomic E-state index is 10.3. The third-order valence-corrected chi connectivity index (χ3v) is 2.38. The smallest absolute Gasteiger partial charge is 0.747 e. The normalized spacial score (nSPS) is 12.6. The Labute approximate surface area is 128 Å². The second kappa shape index (κ2) is 8.52. The van der Waals surface area contributed by atoms with E-state index in [1.54, 1.807) is 13.8 Å². The quantitative estimate of drug-likeness (QED) is 0.359. The van der Waals surface area contributed by atoms with Crippen LogP contribution in [0.4, 0.5) is 0 Å². The fourth-order valence-corrected chi connectivity index (χ4v) is 1.62. The average molecular weight is 240 g/mol. The summed E-state index contributed by atoms with van der Waals surface area (Å²) in [4.78, 5) is 10.2. The van der Waals surface area contributed by atoms with Gasteiger partial charge in [-0.3, -0.25) is 0 Å². The van der Waals surface area contributed by atoms with Gasteiger partial charge in [-0.25, -0.2) is 8.42 Å². The van der Waals surface area contributed by atoms with Gasteiger partial charge in [0.2, 0.25) is 0 Å². The number of hydrogen-bond acceptors (Lipinski definition) is 5. The predicted octanol–water partition coefficient (Wildman–Crippen LogP) is -7.30. The van der Waals surface area contributed by atoms with Gasteiger partial charge in [-0.15, -0.1) is 0 Å². The second-order valence-electron chi connectivity index (χ2n) is 2.93. The Morgan fingerprint density at radius 1 is 1.29 bits per heavy atom. The van der Waals surface area contributed by atoms with Crippen LogP contribution < -0.4 is 64.2 Å². The summed E-state index contributed by atoms with van der Waals surface area (Å²) >= 11 is 0. The van der Waals surface area contributed by atoms with E-state index in [1.165, 1.54) is 0 Å². The average Bonchev–Trinajstić information content (AvgIpc) is 1.79. The fraction of sp³-hybridized carbons (Fsp3) is 0.833. The van der Waals surface area contributed by atoms with Crippen LogP contribution in [0, 0.1) is 5.92 Å². The van der Waals surface area contributed by atoms with Crippen molar-refractivity contribution < 1.29 is 82.0 Å². The Morgan fingerprint density at radius 3 is 1.71 bits per heavy atom. The molecular weight excluding hydrogens is 230 g/mol. The van der Waals surface area contributed by atoms with E-state index in [2.05, 4.69) is 0 Å². The van der Waals surface area contributed by atoms with Crippen LogP contribution in [0.25, 0.3) is 0 Å². The zero-order valence-electron chi connectivity index (χ0n) is 8.81. The van der Waals surface area contributed by atoms with E-state index in [0.29, 0.717) is 0 Å². The molecule has 0 rings (SSSR count). The number of aliphatic carboxylic acids is 1. The molecule has 0 saturated carbocycles. The van der Waals surface area contributed by atoms with E-state index in [4.69, 9.17) is 0 Å². The van der Waals surface area contributed by atoms with Gasteiger partial charge in [-0.2, -0.15) is 0 Å². The molecule has 0 radical (unpaired) electrons. The molecule has 0 amide bonds. The summed E-state index contributed by atoms with van der Waals surface area (Å²) in [6, 6.07) is 0. The van der Waals surface area contributed by atoms with Crippen LogP contribution in [0.1, 0.15) is 20.3 Å². The topological polar surface area (TPSA) is 97.3 Å². The minimum absolute atomic E-state index is 0. The number of carbonyl (C=O) groups is 1. The zero-order valence-corrected chi connectivity index (χ0v) is 13.6. The van der Waals surface area contributed by atoms with Crippen LogP contribution >= 0.6 is 0 Å². The molecule has 0 aliphatic heterocycles. The van der Waals surface area contributed by atoms with Gasteiger partial charge in [0, 0.05) is 0 Å². The van der Waals surface area contributed by atoms with Crippen LogP contribution in [0.2, 0.25) is 0 Å². The summed E-state index contributed by atoms with van der Waals surface area (Å²) in [6.45, 7) is 3.25. The van der Waals surface area contributed by atoms with Crippen LogP contribution in [0.5, 0.6) is 0 Å². The van der Waals surface area contributed by atoms with Gasteiger partial charge in [-0.05, 0) is 12.3 Å². The largest absolute Gasteiger partial charge is 1.00 e. The Hall–Kier alpha value is 1.38. The monoisotopic (exact) mass is 240 g/mol. The number of rotatable bonds is 4. The van der Waals surface area contributed by atoms with E-state index < -0.39 is 21.3 Å². The van der Waals surface area contributed by atoms with E-state index in [-0.39, 0.29) is 71.5 Å². The van der Waals surface area contributed by atoms with E-state index >= 15 is 0 Å². The molecule has 0 aliphatic carbocycles. The van der Waals surface area contributed by atoms with Gasteiger partial charge in [0.1, 0.15) is 10.1 Å². The minimum atomic E-state index is -4.77. The molecule has 5 nitrogen and oxygen atoms in total. The molecule has 0 N–H and O–H groups in total. The zero-order chi connectivity index (χ0) is 9.94. The van der Waals surface area contributed by atoms with Gasteiger partial charge < -0.3 is 14.5 Å². The summed E-state index contributed by atoms with van der Waals surface area (Å²) < 4.78 is 31.0. The number of hydrogen-bond donors (Lipinski definition) is 0. The van der Waals surface area contributed by atoms with Crippen molar-refractivity contribution in [2.24, 2.45) is 5.92 Å². The molecule has 0 aromatic heterocycles. The Morgan fingerprint density at radius 2 is 1.64 bits per heavy atom. The molecule has 8 heteroatoms. The Bertz CT molecular complexity index is 261. The van der Waals surface area contributed by atoms with Gasteiger partial charge in [0.15, 0.2) is 0 Å². The molecular formula is C6H10Na2O5S. The van der Waals surface area contributed by atoms with Crippen molar-refractivity contribution in [3.05, 3.63) is 0 Å². The predicted molar refractivity (Wildman–Crippen MR) is 37.9 cm³/mol. The SMILES string of the molecule is CC(C)CC(C(=O)[O-])S(=O)(=O)[O-].[Na+].[Na+]. The van der Waals surface area contributed by atoms with Crippen molar-refractivity contribution in [2.75, 3.05) is 0 Å². The molecule has 0 bridgehead atoms. The molecule has 0 aromatic rings. The molecule has 0 saturated heterocycles. The number of carbonyl (C=O) groups excluding carboxylic acids is 1. The molecule has 0 spiro atoms. The standard InChI is InChI=1S/C6H12O5S.2Na/c1-4(2)3-5(6(7)8)12(9,10)11;;/h4-5H,3H2,1-2H3,(H,7,8)(H,9,10,11);;/q;2*+1/p-2. The van der Waals surface area contributed by atoms with Crippen molar-refractivity contribution in [3.8, 4) is 0 Å². The molecule has 14 heavy (non-hydrogen) atoms. The molecule has 0 aliphatic rings. The summed E-state index contributed by atoms with van der Waals surface area (Å²) in [7, 11) is -4.77. The van der Waals surface area contributed by atoms with Crippen molar-refractivity contribution in [3.63, 3.8) is 0 Å². The number of carboxylic acid groups (broad SMARTS) is 1. The van der Waals surface area contributed by atoms with E-state index in [0.717, 1.165) is 0 Å². The second-order valence-corrected chi connectivity index (χ2v) is 4.48. The summed E-state index contributed by atoms with van der Waals surface area (Å²) in [5.74, 6) is -1.99. The van der Waals surface area contributed by atoms with E-state index in [1.807, 2.05) is 0 Å². The third-order valence-electron chi connectivity index (χ3n) is 1.30. The van der Waals surface area contributed by atoms with Gasteiger partial charge in [-0.1, -0.05) is 13.8 Å². The molecule has 1 unspecified atom stereocenters. The van der Waals surface area contributed by atoms with E-state index in [9.17, 15) is 22.9 Å². The van der Waals surface area contributed by atoms with Crippen LogP contribution in [0.3, 0.4) is 0 Å². The first-order valence-electron chi connectivity index (χ1n) is 3.40. The summed E-state index contributed by atoms with van der Waals surface area (Å²) in [5, 5.41) is 8.27. The minimum Gasteiger partial charge on any atom is -0.747 e. The molecule has 0 fully saturated rings. The van der Waals surface area contributed by atoms with Gasteiger partial charge >= 0.3 is 59.1 Å². The first kappa shape index (κ1) is 20.8. The first-order valence-corrected chi connectivity index (χ1v) is 4.88. The van der Waals surface area contributed by atoms with Crippen molar-refractivity contribution in [1.29, 1.82) is 0 Å².